The van der Waals surface area contributed by atoms with Gasteiger partial charge >= 0.3 is 0 Å². The summed E-state index contributed by atoms with van der Waals surface area (Å²) in [6, 6.07) is 5.47. The van der Waals surface area contributed by atoms with E-state index < -0.39 is 5.91 Å². The number of hydrogen-bond acceptors (Lipinski definition) is 5. The summed E-state index contributed by atoms with van der Waals surface area (Å²) in [5, 5.41) is 12.0. The number of hydrogen-bond donors (Lipinski definition) is 3. The lowest BCUT2D eigenvalue weighted by atomic mass is 10.3. The number of anilines is 1. The molecule has 0 unspecified atom stereocenters. The van der Waals surface area contributed by atoms with Crippen LogP contribution >= 0.6 is 23.4 Å². The molecule has 3 N–H and O–H groups in total. The van der Waals surface area contributed by atoms with E-state index in [1.807, 2.05) is 22.8 Å². The first-order valence-corrected chi connectivity index (χ1v) is 7.76. The summed E-state index contributed by atoms with van der Waals surface area (Å²) in [7, 11) is 0. The Morgan fingerprint density at radius 2 is 2.35 bits per heavy atom. The number of thioether (sulfide) groups is 1. The number of imidazole rings is 1. The molecule has 6 nitrogen and oxygen atoms in total. The van der Waals surface area contributed by atoms with Crippen LogP contribution in [0.2, 0.25) is 5.15 Å². The fraction of sp³-hybridized carbons (Fsp3) is 0.333. The highest BCUT2D eigenvalue weighted by Gasteiger charge is 2.14. The van der Waals surface area contributed by atoms with Gasteiger partial charge in [-0.2, -0.15) is 11.8 Å². The molecule has 0 spiro atoms. The van der Waals surface area contributed by atoms with Crippen molar-refractivity contribution in [1.82, 2.24) is 14.9 Å². The van der Waals surface area contributed by atoms with Gasteiger partial charge in [0, 0.05) is 6.42 Å². The van der Waals surface area contributed by atoms with Gasteiger partial charge in [0.15, 0.2) is 0 Å². The van der Waals surface area contributed by atoms with Crippen molar-refractivity contribution in [2.45, 2.75) is 6.42 Å². The minimum atomic E-state index is -0.524. The number of fused-ring (bicyclic) bond motifs is 1. The largest absolute Gasteiger partial charge is 0.359 e. The van der Waals surface area contributed by atoms with E-state index in [1.54, 1.807) is 23.3 Å². The molecular formula is C12H15ClN4O2S. The summed E-state index contributed by atoms with van der Waals surface area (Å²) in [5.41, 5.74) is 3.22. The number of hydroxylamine groups is 1. The van der Waals surface area contributed by atoms with Crippen LogP contribution in [0.1, 0.15) is 5.69 Å². The number of aryl methyl sites for hydroxylation is 1. The van der Waals surface area contributed by atoms with Gasteiger partial charge in [-0.15, -0.1) is 0 Å². The molecule has 0 aromatic carbocycles. The molecule has 2 heterocycles. The molecule has 0 bridgehead atoms. The number of nitrogens with one attached hydrogen (secondary N) is 2. The second-order valence-electron chi connectivity index (χ2n) is 4.08. The second kappa shape index (κ2) is 6.83. The van der Waals surface area contributed by atoms with Crippen LogP contribution < -0.4 is 10.8 Å². The van der Waals surface area contributed by atoms with E-state index >= 15 is 0 Å². The molecule has 0 saturated heterocycles. The smallest absolute Gasteiger partial charge is 0.262 e. The van der Waals surface area contributed by atoms with Crippen molar-refractivity contribution in [3.63, 3.8) is 0 Å². The zero-order chi connectivity index (χ0) is 14.5. The Hall–Kier alpha value is -1.44. The van der Waals surface area contributed by atoms with Crippen molar-refractivity contribution in [2.75, 3.05) is 23.9 Å². The Kier molecular flexibility index (Phi) is 5.11. The van der Waals surface area contributed by atoms with Crippen molar-refractivity contribution >= 4 is 40.7 Å². The quantitative estimate of drug-likeness (QED) is 0.430. The molecule has 2 aromatic heterocycles. The average molecular weight is 315 g/mol. The third-order valence-electron chi connectivity index (χ3n) is 2.78. The van der Waals surface area contributed by atoms with E-state index in [2.05, 4.69) is 10.3 Å². The standard InChI is InChI=1S/C12H15ClN4O2S/c1-20-6-5-8-12(14-7-11(18)16-19)15-10-4-2-3-9(13)17(8)10/h2-4,14,19H,5-7H2,1H3,(H,16,18). The molecule has 0 radical (unpaired) electrons. The normalized spacial score (nSPS) is 10.8. The third-order valence-corrected chi connectivity index (χ3v) is 3.68. The van der Waals surface area contributed by atoms with Crippen LogP contribution in [0.4, 0.5) is 5.82 Å². The first-order chi connectivity index (χ1) is 9.67. The van der Waals surface area contributed by atoms with Gasteiger partial charge < -0.3 is 5.32 Å². The number of amides is 1. The molecule has 108 valence electrons. The van der Waals surface area contributed by atoms with E-state index in [4.69, 9.17) is 16.8 Å². The number of carbonyl (C=O) groups is 1. The van der Waals surface area contributed by atoms with Gasteiger partial charge in [0.1, 0.15) is 16.6 Å². The lowest BCUT2D eigenvalue weighted by molar-refractivity contribution is -0.127. The number of carbonyl (C=O) groups excluding carboxylic acids is 1. The van der Waals surface area contributed by atoms with Crippen LogP contribution in [0.5, 0.6) is 0 Å². The number of pyridine rings is 1. The highest BCUT2D eigenvalue weighted by Crippen LogP contribution is 2.23. The summed E-state index contributed by atoms with van der Waals surface area (Å²) in [5.74, 6) is 1.000. The maximum absolute atomic E-state index is 11.1. The van der Waals surface area contributed by atoms with Crippen LogP contribution in [0, 0.1) is 0 Å². The van der Waals surface area contributed by atoms with Crippen LogP contribution in [-0.2, 0) is 11.2 Å². The highest BCUT2D eigenvalue weighted by molar-refractivity contribution is 7.98. The molecule has 0 aliphatic rings. The Labute approximate surface area is 125 Å². The Bertz CT molecular complexity index is 617. The number of aromatic nitrogens is 2. The lowest BCUT2D eigenvalue weighted by Gasteiger charge is -2.07. The topological polar surface area (TPSA) is 78.7 Å². The predicted molar refractivity (Wildman–Crippen MR) is 80.7 cm³/mol. The minimum absolute atomic E-state index is 0.0513. The maximum atomic E-state index is 11.1. The van der Waals surface area contributed by atoms with Gasteiger partial charge in [-0.25, -0.2) is 10.5 Å². The maximum Gasteiger partial charge on any atom is 0.262 e. The summed E-state index contributed by atoms with van der Waals surface area (Å²) in [6.07, 6.45) is 2.80. The Morgan fingerprint density at radius 1 is 1.55 bits per heavy atom. The SMILES string of the molecule is CSCCc1c(NCC(=O)NO)nc2cccc(Cl)n12. The third kappa shape index (κ3) is 3.17. The zero-order valence-corrected chi connectivity index (χ0v) is 12.5. The minimum Gasteiger partial charge on any atom is -0.359 e. The number of rotatable bonds is 6. The fourth-order valence-electron chi connectivity index (χ4n) is 1.89. The van der Waals surface area contributed by atoms with Crippen LogP contribution in [0.25, 0.3) is 5.65 Å². The molecule has 2 rings (SSSR count). The summed E-state index contributed by atoms with van der Waals surface area (Å²) in [4.78, 5) is 15.5. The first-order valence-electron chi connectivity index (χ1n) is 5.99. The van der Waals surface area contributed by atoms with Crippen LogP contribution in [-0.4, -0.2) is 39.1 Å². The van der Waals surface area contributed by atoms with Crippen LogP contribution in [0.15, 0.2) is 18.2 Å². The summed E-state index contributed by atoms with van der Waals surface area (Å²) < 4.78 is 1.86. The molecule has 2 aromatic rings. The van der Waals surface area contributed by atoms with E-state index in [-0.39, 0.29) is 6.54 Å². The molecule has 0 saturated carbocycles. The molecule has 0 atom stereocenters. The van der Waals surface area contributed by atoms with Gasteiger partial charge in [-0.1, -0.05) is 17.7 Å². The predicted octanol–water partition coefficient (Wildman–Crippen LogP) is 1.81. The Balaban J connectivity index is 2.36. The molecule has 8 heteroatoms. The molecule has 0 aliphatic heterocycles. The molecular weight excluding hydrogens is 300 g/mol. The van der Waals surface area contributed by atoms with Gasteiger partial charge in [-0.05, 0) is 24.1 Å². The van der Waals surface area contributed by atoms with Crippen LogP contribution in [0.3, 0.4) is 0 Å². The van der Waals surface area contributed by atoms with E-state index in [0.29, 0.717) is 11.0 Å². The summed E-state index contributed by atoms with van der Waals surface area (Å²) in [6.45, 7) is -0.0513. The fourth-order valence-corrected chi connectivity index (χ4v) is 2.54. The second-order valence-corrected chi connectivity index (χ2v) is 5.45. The van der Waals surface area contributed by atoms with Gasteiger partial charge in [-0.3, -0.25) is 14.4 Å². The average Bonchev–Trinajstić information content (AvgIpc) is 2.81. The monoisotopic (exact) mass is 314 g/mol. The number of halogens is 1. The molecule has 1 amide bonds. The van der Waals surface area contributed by atoms with Crippen molar-refractivity contribution in [3.05, 3.63) is 29.0 Å². The lowest BCUT2D eigenvalue weighted by Crippen LogP contribution is -2.27. The van der Waals surface area contributed by atoms with E-state index in [9.17, 15) is 4.79 Å². The molecule has 20 heavy (non-hydrogen) atoms. The van der Waals surface area contributed by atoms with E-state index in [0.717, 1.165) is 23.5 Å². The van der Waals surface area contributed by atoms with E-state index in [1.165, 1.54) is 0 Å². The van der Waals surface area contributed by atoms with Crippen molar-refractivity contribution in [3.8, 4) is 0 Å². The van der Waals surface area contributed by atoms with Gasteiger partial charge in [0.25, 0.3) is 5.91 Å². The summed E-state index contributed by atoms with van der Waals surface area (Å²) >= 11 is 7.93. The molecule has 0 aliphatic carbocycles. The van der Waals surface area contributed by atoms with Gasteiger partial charge in [0.2, 0.25) is 0 Å². The Morgan fingerprint density at radius 3 is 3.05 bits per heavy atom. The highest BCUT2D eigenvalue weighted by atomic mass is 35.5. The number of nitrogens with zero attached hydrogens (tertiary/aromatic N) is 2. The van der Waals surface area contributed by atoms with Gasteiger partial charge in [0.05, 0.1) is 12.2 Å². The van der Waals surface area contributed by atoms with Crippen molar-refractivity contribution in [1.29, 1.82) is 0 Å². The molecule has 0 fully saturated rings. The van der Waals surface area contributed by atoms with Crippen molar-refractivity contribution in [2.24, 2.45) is 0 Å². The first kappa shape index (κ1) is 15.0. The van der Waals surface area contributed by atoms with Crippen molar-refractivity contribution < 1.29 is 10.0 Å². The zero-order valence-electron chi connectivity index (χ0n) is 10.9.